The number of carbonyl (C=O) groups excluding carboxylic acids is 1. The SMILES string of the molecule is O=C(O)c1ccc(N2CCN(C(=O)CCc3ccccc3-c3cccc(O)c3)CC2)nn1. The first kappa shape index (κ1) is 21.3. The summed E-state index contributed by atoms with van der Waals surface area (Å²) in [6.07, 6.45) is 1.02. The van der Waals surface area contributed by atoms with Gasteiger partial charge in [-0.15, -0.1) is 10.2 Å². The number of amides is 1. The number of nitrogens with zero attached hydrogens (tertiary/aromatic N) is 4. The number of hydrogen-bond donors (Lipinski definition) is 2. The second-order valence-electron chi connectivity index (χ2n) is 7.66. The van der Waals surface area contributed by atoms with Crippen LogP contribution in [0.5, 0.6) is 5.75 Å². The Morgan fingerprint density at radius 2 is 1.69 bits per heavy atom. The van der Waals surface area contributed by atoms with Gasteiger partial charge < -0.3 is 20.0 Å². The van der Waals surface area contributed by atoms with Gasteiger partial charge in [0.2, 0.25) is 5.91 Å². The predicted octanol–water partition coefficient (Wildman–Crippen LogP) is 2.83. The maximum absolute atomic E-state index is 12.8. The number of carbonyl (C=O) groups is 2. The van der Waals surface area contributed by atoms with Crippen LogP contribution >= 0.6 is 0 Å². The molecule has 4 rings (SSSR count). The molecule has 0 unspecified atom stereocenters. The molecule has 164 valence electrons. The van der Waals surface area contributed by atoms with Crippen LogP contribution in [0.1, 0.15) is 22.5 Å². The third-order valence-corrected chi connectivity index (χ3v) is 5.61. The minimum Gasteiger partial charge on any atom is -0.508 e. The third-order valence-electron chi connectivity index (χ3n) is 5.61. The quantitative estimate of drug-likeness (QED) is 0.617. The van der Waals surface area contributed by atoms with E-state index in [-0.39, 0.29) is 17.4 Å². The van der Waals surface area contributed by atoms with Gasteiger partial charge in [0.05, 0.1) is 0 Å². The van der Waals surface area contributed by atoms with E-state index in [1.807, 2.05) is 46.2 Å². The molecule has 1 fully saturated rings. The van der Waals surface area contributed by atoms with Gasteiger partial charge in [0.1, 0.15) is 5.75 Å². The van der Waals surface area contributed by atoms with Gasteiger partial charge in [0.15, 0.2) is 11.5 Å². The molecule has 8 nitrogen and oxygen atoms in total. The van der Waals surface area contributed by atoms with Crippen molar-refractivity contribution in [3.63, 3.8) is 0 Å². The van der Waals surface area contributed by atoms with E-state index >= 15 is 0 Å². The number of carboxylic acids is 1. The van der Waals surface area contributed by atoms with E-state index in [0.29, 0.717) is 44.8 Å². The van der Waals surface area contributed by atoms with Crippen molar-refractivity contribution in [1.82, 2.24) is 15.1 Å². The van der Waals surface area contributed by atoms with Gasteiger partial charge in [0, 0.05) is 32.6 Å². The first-order valence-corrected chi connectivity index (χ1v) is 10.5. The monoisotopic (exact) mass is 432 g/mol. The highest BCUT2D eigenvalue weighted by atomic mass is 16.4. The Balaban J connectivity index is 1.34. The summed E-state index contributed by atoms with van der Waals surface area (Å²) in [5, 5.41) is 26.4. The molecule has 2 N–H and O–H groups in total. The normalized spacial score (nSPS) is 13.8. The van der Waals surface area contributed by atoms with E-state index in [2.05, 4.69) is 10.2 Å². The van der Waals surface area contributed by atoms with Gasteiger partial charge in [-0.1, -0.05) is 36.4 Å². The number of piperazine rings is 1. The summed E-state index contributed by atoms with van der Waals surface area (Å²) in [4.78, 5) is 27.6. The zero-order chi connectivity index (χ0) is 22.5. The molecule has 1 amide bonds. The lowest BCUT2D eigenvalue weighted by Gasteiger charge is -2.35. The number of phenolic OH excluding ortho intramolecular Hbond substituents is 1. The van der Waals surface area contributed by atoms with E-state index in [0.717, 1.165) is 16.7 Å². The fourth-order valence-electron chi connectivity index (χ4n) is 3.89. The molecule has 0 bridgehead atoms. The van der Waals surface area contributed by atoms with E-state index < -0.39 is 5.97 Å². The van der Waals surface area contributed by atoms with E-state index in [1.54, 1.807) is 18.2 Å². The molecule has 0 aliphatic carbocycles. The largest absolute Gasteiger partial charge is 0.508 e. The van der Waals surface area contributed by atoms with Crippen LogP contribution in [-0.2, 0) is 11.2 Å². The van der Waals surface area contributed by atoms with Gasteiger partial charge in [-0.25, -0.2) is 4.79 Å². The van der Waals surface area contributed by atoms with Crippen LogP contribution in [-0.4, -0.2) is 63.4 Å². The first-order valence-electron chi connectivity index (χ1n) is 10.5. The number of aromatic nitrogens is 2. The van der Waals surface area contributed by atoms with Crippen molar-refractivity contribution in [3.8, 4) is 16.9 Å². The summed E-state index contributed by atoms with van der Waals surface area (Å²) in [7, 11) is 0. The molecule has 1 aliphatic heterocycles. The molecule has 1 aliphatic rings. The molecule has 2 heterocycles. The molecular weight excluding hydrogens is 408 g/mol. The lowest BCUT2D eigenvalue weighted by molar-refractivity contribution is -0.131. The molecular formula is C24H24N4O4. The minimum atomic E-state index is -1.11. The molecule has 2 aromatic carbocycles. The van der Waals surface area contributed by atoms with Crippen LogP contribution in [0.15, 0.2) is 60.7 Å². The molecule has 3 aromatic rings. The number of benzene rings is 2. The molecule has 8 heteroatoms. The second-order valence-corrected chi connectivity index (χ2v) is 7.66. The topological polar surface area (TPSA) is 107 Å². The summed E-state index contributed by atoms with van der Waals surface area (Å²) in [6.45, 7) is 2.39. The average Bonchev–Trinajstić information content (AvgIpc) is 2.83. The zero-order valence-electron chi connectivity index (χ0n) is 17.5. The summed E-state index contributed by atoms with van der Waals surface area (Å²) < 4.78 is 0. The average molecular weight is 432 g/mol. The Morgan fingerprint density at radius 1 is 0.906 bits per heavy atom. The number of anilines is 1. The maximum Gasteiger partial charge on any atom is 0.356 e. The number of aromatic carboxylic acids is 1. The Bertz CT molecular complexity index is 1110. The number of carboxylic acid groups (broad SMARTS) is 1. The van der Waals surface area contributed by atoms with E-state index in [1.165, 1.54) is 6.07 Å². The summed E-state index contributed by atoms with van der Waals surface area (Å²) in [5.74, 6) is -0.177. The molecule has 32 heavy (non-hydrogen) atoms. The van der Waals surface area contributed by atoms with Crippen LogP contribution < -0.4 is 4.90 Å². The second kappa shape index (κ2) is 9.47. The fourth-order valence-corrected chi connectivity index (χ4v) is 3.89. The molecule has 1 aromatic heterocycles. The molecule has 0 spiro atoms. The van der Waals surface area contributed by atoms with Crippen molar-refractivity contribution in [2.45, 2.75) is 12.8 Å². The molecule has 0 saturated carbocycles. The van der Waals surface area contributed by atoms with Crippen LogP contribution in [0.4, 0.5) is 5.82 Å². The summed E-state index contributed by atoms with van der Waals surface area (Å²) in [6, 6.07) is 18.1. The Kier molecular flexibility index (Phi) is 6.30. The number of rotatable bonds is 6. The number of phenols is 1. The van der Waals surface area contributed by atoms with Crippen LogP contribution in [0.25, 0.3) is 11.1 Å². The highest BCUT2D eigenvalue weighted by Gasteiger charge is 2.22. The predicted molar refractivity (Wildman–Crippen MR) is 120 cm³/mol. The van der Waals surface area contributed by atoms with Crippen LogP contribution in [0.3, 0.4) is 0 Å². The van der Waals surface area contributed by atoms with Crippen molar-refractivity contribution in [2.75, 3.05) is 31.1 Å². The van der Waals surface area contributed by atoms with Crippen molar-refractivity contribution < 1.29 is 19.8 Å². The van der Waals surface area contributed by atoms with Gasteiger partial charge >= 0.3 is 5.97 Å². The Morgan fingerprint density at radius 3 is 2.38 bits per heavy atom. The molecule has 0 radical (unpaired) electrons. The molecule has 1 saturated heterocycles. The van der Waals surface area contributed by atoms with Crippen molar-refractivity contribution in [2.24, 2.45) is 0 Å². The van der Waals surface area contributed by atoms with Crippen LogP contribution in [0.2, 0.25) is 0 Å². The minimum absolute atomic E-state index is 0.0893. The highest BCUT2D eigenvalue weighted by molar-refractivity contribution is 5.85. The lowest BCUT2D eigenvalue weighted by atomic mass is 9.96. The Labute approximate surface area is 185 Å². The Hall–Kier alpha value is -3.94. The zero-order valence-corrected chi connectivity index (χ0v) is 17.5. The number of hydrogen-bond acceptors (Lipinski definition) is 6. The fraction of sp³-hybridized carbons (Fsp3) is 0.250. The number of aromatic hydroxyl groups is 1. The van der Waals surface area contributed by atoms with Crippen LogP contribution in [0, 0.1) is 0 Å². The third kappa shape index (κ3) is 4.85. The van der Waals surface area contributed by atoms with E-state index in [4.69, 9.17) is 5.11 Å². The lowest BCUT2D eigenvalue weighted by Crippen LogP contribution is -2.49. The van der Waals surface area contributed by atoms with Gasteiger partial charge in [-0.05, 0) is 47.4 Å². The van der Waals surface area contributed by atoms with Gasteiger partial charge in [-0.2, -0.15) is 0 Å². The van der Waals surface area contributed by atoms with Gasteiger partial charge in [-0.3, -0.25) is 4.79 Å². The summed E-state index contributed by atoms with van der Waals surface area (Å²) in [5.41, 5.74) is 2.92. The van der Waals surface area contributed by atoms with Gasteiger partial charge in [0.25, 0.3) is 0 Å². The van der Waals surface area contributed by atoms with Crippen molar-refractivity contribution in [3.05, 3.63) is 71.9 Å². The molecule has 0 atom stereocenters. The maximum atomic E-state index is 12.8. The van der Waals surface area contributed by atoms with E-state index in [9.17, 15) is 14.7 Å². The number of aryl methyl sites for hydroxylation is 1. The smallest absolute Gasteiger partial charge is 0.356 e. The van der Waals surface area contributed by atoms with Crippen molar-refractivity contribution in [1.29, 1.82) is 0 Å². The standard InChI is InChI=1S/C24H24N4O4/c29-19-6-3-5-18(16-19)20-7-2-1-4-17(20)8-11-23(30)28-14-12-27(13-15-28)22-10-9-21(24(31)32)25-26-22/h1-7,9-10,16,29H,8,11-15H2,(H,31,32). The first-order chi connectivity index (χ1) is 15.5. The highest BCUT2D eigenvalue weighted by Crippen LogP contribution is 2.27. The van der Waals surface area contributed by atoms with Crippen molar-refractivity contribution >= 4 is 17.7 Å². The summed E-state index contributed by atoms with van der Waals surface area (Å²) >= 11 is 0.